The van der Waals surface area contributed by atoms with Crippen LogP contribution >= 0.6 is 0 Å². The maximum Gasteiger partial charge on any atom is 0.0262 e. The Hall–Kier alpha value is -1.41. The van der Waals surface area contributed by atoms with Gasteiger partial charge in [-0.05, 0) is 75.4 Å². The van der Waals surface area contributed by atoms with E-state index in [4.69, 9.17) is 0 Å². The van der Waals surface area contributed by atoms with E-state index in [0.717, 1.165) is 25.9 Å². The average Bonchev–Trinajstić information content (AvgIpc) is 2.62. The Balaban J connectivity index is 2.71. The van der Waals surface area contributed by atoms with Gasteiger partial charge in [-0.3, -0.25) is 4.99 Å². The summed E-state index contributed by atoms with van der Waals surface area (Å²) in [7, 11) is 0. The van der Waals surface area contributed by atoms with Crippen LogP contribution in [0.15, 0.2) is 51.2 Å². The van der Waals surface area contributed by atoms with Gasteiger partial charge in [0.25, 0.3) is 0 Å². The zero-order valence-corrected chi connectivity index (χ0v) is 16.6. The molecule has 134 valence electrons. The number of rotatable bonds is 9. The highest BCUT2D eigenvalue weighted by molar-refractivity contribution is 5.42. The van der Waals surface area contributed by atoms with Crippen molar-refractivity contribution < 1.29 is 0 Å². The predicted octanol–water partition coefficient (Wildman–Crippen LogP) is 5.99. The normalized spacial score (nSPS) is 16.7. The van der Waals surface area contributed by atoms with Gasteiger partial charge in [0.15, 0.2) is 0 Å². The van der Waals surface area contributed by atoms with Crippen molar-refractivity contribution in [1.29, 1.82) is 0 Å². The van der Waals surface area contributed by atoms with Gasteiger partial charge in [-0.2, -0.15) is 0 Å². The first-order chi connectivity index (χ1) is 11.3. The molecule has 0 heterocycles. The van der Waals surface area contributed by atoms with Gasteiger partial charge in [-0.25, -0.2) is 0 Å². The highest BCUT2D eigenvalue weighted by Crippen LogP contribution is 2.38. The summed E-state index contributed by atoms with van der Waals surface area (Å²) in [5.41, 5.74) is 7.53. The van der Waals surface area contributed by atoms with E-state index in [2.05, 4.69) is 70.7 Å². The van der Waals surface area contributed by atoms with Crippen LogP contribution in [-0.4, -0.2) is 19.8 Å². The standard InChI is InChI=1S/C22H36N2/c1-8-12-22(5,6)21-10-9-20(18(3)14-19(21)4)11-13-24-16-17(2)15-23-7/h9-10,15,24H,7-8,11-14,16H2,1-6H3/b17-15+. The van der Waals surface area contributed by atoms with E-state index in [1.165, 1.54) is 40.7 Å². The molecule has 0 spiro atoms. The minimum absolute atomic E-state index is 0.267. The van der Waals surface area contributed by atoms with Crippen molar-refractivity contribution in [1.82, 2.24) is 5.32 Å². The second-order valence-corrected chi connectivity index (χ2v) is 7.73. The minimum atomic E-state index is 0.267. The molecular weight excluding hydrogens is 292 g/mol. The van der Waals surface area contributed by atoms with Gasteiger partial charge in [-0.1, -0.05) is 50.5 Å². The largest absolute Gasteiger partial charge is 0.313 e. The van der Waals surface area contributed by atoms with Crippen LogP contribution in [0.4, 0.5) is 0 Å². The van der Waals surface area contributed by atoms with E-state index in [0.29, 0.717) is 0 Å². The zero-order valence-electron chi connectivity index (χ0n) is 16.6. The Labute approximate surface area is 149 Å². The molecule has 0 aromatic heterocycles. The molecule has 24 heavy (non-hydrogen) atoms. The average molecular weight is 329 g/mol. The molecule has 1 rings (SSSR count). The third-order valence-corrected chi connectivity index (χ3v) is 4.88. The van der Waals surface area contributed by atoms with Gasteiger partial charge >= 0.3 is 0 Å². The first-order valence-corrected chi connectivity index (χ1v) is 9.21. The molecule has 1 aliphatic carbocycles. The Morgan fingerprint density at radius 2 is 2.00 bits per heavy atom. The number of allylic oxidation sites excluding steroid dienone is 5. The number of hydrogen-bond acceptors (Lipinski definition) is 2. The molecule has 0 unspecified atom stereocenters. The number of nitrogens with one attached hydrogen (secondary N) is 1. The summed E-state index contributed by atoms with van der Waals surface area (Å²) in [6.07, 6.45) is 11.2. The molecule has 1 N–H and O–H groups in total. The molecule has 0 fully saturated rings. The quantitative estimate of drug-likeness (QED) is 0.408. The van der Waals surface area contributed by atoms with Gasteiger partial charge in [0, 0.05) is 12.7 Å². The Morgan fingerprint density at radius 3 is 2.62 bits per heavy atom. The Bertz CT molecular complexity index is 557. The van der Waals surface area contributed by atoms with Crippen molar-refractivity contribution in [3.63, 3.8) is 0 Å². The van der Waals surface area contributed by atoms with E-state index in [-0.39, 0.29) is 5.41 Å². The zero-order chi connectivity index (χ0) is 18.2. The lowest BCUT2D eigenvalue weighted by Gasteiger charge is -2.28. The van der Waals surface area contributed by atoms with Crippen molar-refractivity contribution >= 4 is 6.72 Å². The van der Waals surface area contributed by atoms with Gasteiger partial charge in [0.05, 0.1) is 0 Å². The van der Waals surface area contributed by atoms with E-state index in [1.807, 2.05) is 6.20 Å². The fourth-order valence-corrected chi connectivity index (χ4v) is 3.64. The second kappa shape index (κ2) is 9.78. The summed E-state index contributed by atoms with van der Waals surface area (Å²) in [5, 5.41) is 3.49. The molecule has 0 radical (unpaired) electrons. The van der Waals surface area contributed by atoms with Crippen molar-refractivity contribution in [2.24, 2.45) is 10.4 Å². The molecule has 0 aromatic rings. The van der Waals surface area contributed by atoms with Crippen molar-refractivity contribution in [3.05, 3.63) is 46.2 Å². The van der Waals surface area contributed by atoms with Gasteiger partial charge in [0.2, 0.25) is 0 Å². The van der Waals surface area contributed by atoms with Crippen molar-refractivity contribution in [2.75, 3.05) is 13.1 Å². The lowest BCUT2D eigenvalue weighted by Crippen LogP contribution is -2.18. The van der Waals surface area contributed by atoms with Crippen LogP contribution in [0.25, 0.3) is 0 Å². The molecule has 2 heteroatoms. The van der Waals surface area contributed by atoms with Gasteiger partial charge in [0.1, 0.15) is 0 Å². The molecule has 0 saturated heterocycles. The third kappa shape index (κ3) is 6.24. The first kappa shape index (κ1) is 20.6. The summed E-state index contributed by atoms with van der Waals surface area (Å²) in [5.74, 6) is 0. The number of hydrogen-bond donors (Lipinski definition) is 1. The molecule has 0 saturated carbocycles. The summed E-state index contributed by atoms with van der Waals surface area (Å²) in [4.78, 5) is 3.81. The lowest BCUT2D eigenvalue weighted by atomic mass is 9.77. The number of nitrogens with zero attached hydrogens (tertiary/aromatic N) is 1. The Kier molecular flexibility index (Phi) is 8.41. The maximum absolute atomic E-state index is 3.81. The lowest BCUT2D eigenvalue weighted by molar-refractivity contribution is 0.408. The topological polar surface area (TPSA) is 24.4 Å². The molecule has 1 aliphatic rings. The molecule has 0 aliphatic heterocycles. The molecule has 0 amide bonds. The van der Waals surface area contributed by atoms with Crippen LogP contribution in [0.5, 0.6) is 0 Å². The van der Waals surface area contributed by atoms with Crippen LogP contribution in [0, 0.1) is 5.41 Å². The monoisotopic (exact) mass is 328 g/mol. The third-order valence-electron chi connectivity index (χ3n) is 4.88. The highest BCUT2D eigenvalue weighted by Gasteiger charge is 2.23. The second-order valence-electron chi connectivity index (χ2n) is 7.73. The Morgan fingerprint density at radius 1 is 1.29 bits per heavy atom. The van der Waals surface area contributed by atoms with Crippen LogP contribution in [0.3, 0.4) is 0 Å². The summed E-state index contributed by atoms with van der Waals surface area (Å²) >= 11 is 0. The minimum Gasteiger partial charge on any atom is -0.313 e. The van der Waals surface area contributed by atoms with Crippen LogP contribution in [-0.2, 0) is 0 Å². The predicted molar refractivity (Wildman–Crippen MR) is 109 cm³/mol. The van der Waals surface area contributed by atoms with E-state index in [9.17, 15) is 0 Å². The molecule has 2 nitrogen and oxygen atoms in total. The molecule has 0 atom stereocenters. The number of aliphatic imine (C=N–C) groups is 1. The van der Waals surface area contributed by atoms with Gasteiger partial charge < -0.3 is 5.32 Å². The summed E-state index contributed by atoms with van der Waals surface area (Å²) in [6, 6.07) is 0. The fraction of sp³-hybridized carbons (Fsp3) is 0.591. The molecule has 0 aromatic carbocycles. The first-order valence-electron chi connectivity index (χ1n) is 9.21. The van der Waals surface area contributed by atoms with Gasteiger partial charge in [-0.15, -0.1) is 0 Å². The fourth-order valence-electron chi connectivity index (χ4n) is 3.64. The highest BCUT2D eigenvalue weighted by atomic mass is 14.8. The maximum atomic E-state index is 3.81. The molecule has 0 bridgehead atoms. The van der Waals surface area contributed by atoms with Crippen molar-refractivity contribution in [3.8, 4) is 0 Å². The van der Waals surface area contributed by atoms with Crippen LogP contribution in [0.2, 0.25) is 0 Å². The summed E-state index contributed by atoms with van der Waals surface area (Å²) in [6.45, 7) is 19.1. The van der Waals surface area contributed by atoms with Crippen LogP contribution < -0.4 is 5.32 Å². The van der Waals surface area contributed by atoms with E-state index < -0.39 is 0 Å². The summed E-state index contributed by atoms with van der Waals surface area (Å²) < 4.78 is 0. The van der Waals surface area contributed by atoms with Crippen LogP contribution in [0.1, 0.15) is 67.2 Å². The molecular formula is C22H36N2. The SMILES string of the molecule is C=N/C=C(\C)CNCCC1=C(C)CC(C)=C(C(C)(C)CCC)C=C1. The van der Waals surface area contributed by atoms with E-state index in [1.54, 1.807) is 0 Å². The smallest absolute Gasteiger partial charge is 0.0262 e. The van der Waals surface area contributed by atoms with E-state index >= 15 is 0 Å². The van der Waals surface area contributed by atoms with Crippen molar-refractivity contribution in [2.45, 2.75) is 67.2 Å².